The number of hydrogen-bond donors (Lipinski definition) is 1. The van der Waals surface area contributed by atoms with E-state index in [1.165, 1.54) is 13.0 Å². The maximum absolute atomic E-state index is 9.89. The summed E-state index contributed by atoms with van der Waals surface area (Å²) in [7, 11) is -3.85. The molecule has 0 radical (unpaired) electrons. The molecule has 0 saturated heterocycles. The van der Waals surface area contributed by atoms with Gasteiger partial charge in [0.2, 0.25) is 0 Å². The molecule has 0 aliphatic carbocycles. The van der Waals surface area contributed by atoms with Crippen molar-refractivity contribution in [1.82, 2.24) is 0 Å². The summed E-state index contributed by atoms with van der Waals surface area (Å²) >= 11 is -8.99. The second-order valence-corrected chi connectivity index (χ2v) is 5.61. The molecule has 3 nitrogen and oxygen atoms in total. The van der Waals surface area contributed by atoms with Crippen molar-refractivity contribution in [1.29, 1.82) is 0 Å². The van der Waals surface area contributed by atoms with E-state index in [-0.39, 0.29) is 18.9 Å². The molecule has 0 aromatic rings. The van der Waals surface area contributed by atoms with E-state index in [1.807, 2.05) is 0 Å². The maximum atomic E-state index is 9.89. The fourth-order valence-corrected chi connectivity index (χ4v) is 0.516. The van der Waals surface area contributed by atoms with Gasteiger partial charge in [0, 0.05) is 0 Å². The Bertz CT molecular complexity index is 263. The molecule has 0 heterocycles. The van der Waals surface area contributed by atoms with Gasteiger partial charge >= 0.3 is 51.0 Å². The summed E-state index contributed by atoms with van der Waals surface area (Å²) in [5.41, 5.74) is 0. The second-order valence-electron chi connectivity index (χ2n) is 1.62. The Morgan fingerprint density at radius 3 is 1.36 bits per heavy atom. The Balaban J connectivity index is -0.000000163. The van der Waals surface area contributed by atoms with E-state index in [4.69, 9.17) is 4.55 Å². The van der Waals surface area contributed by atoms with Crippen LogP contribution in [0, 0.1) is 0 Å². The summed E-state index contributed by atoms with van der Waals surface area (Å²) in [6, 6.07) is 0. The molecular weight excluding hydrogens is 293 g/mol. The van der Waals surface area contributed by atoms with Crippen LogP contribution >= 0.6 is 0 Å². The van der Waals surface area contributed by atoms with Crippen LogP contribution in [0.3, 0.4) is 0 Å². The van der Waals surface area contributed by atoms with Crippen molar-refractivity contribution in [3.05, 3.63) is 11.5 Å². The molecule has 0 fully saturated rings. The summed E-state index contributed by atoms with van der Waals surface area (Å²) in [5, 5.41) is 0.715. The monoisotopic (exact) mass is 300 g/mol. The summed E-state index contributed by atoms with van der Waals surface area (Å²) in [6.45, 7) is 1.51. The third-order valence-corrected chi connectivity index (χ3v) is 0.924. The van der Waals surface area contributed by atoms with Gasteiger partial charge in [-0.05, 0) is 6.92 Å². The van der Waals surface area contributed by atoms with Crippen molar-refractivity contribution < 1.29 is 30.3 Å². The van der Waals surface area contributed by atoms with Crippen molar-refractivity contribution >= 4 is 43.8 Å². The Morgan fingerprint density at radius 1 is 1.14 bits per heavy atom. The zero-order chi connectivity index (χ0) is 11.4. The molecular formula is C3H7AsF5LiO3S. The number of hydrogen-bond acceptors (Lipinski definition) is 2. The molecule has 11 heteroatoms. The van der Waals surface area contributed by atoms with E-state index in [1.54, 1.807) is 0 Å². The van der Waals surface area contributed by atoms with E-state index >= 15 is 0 Å². The fraction of sp³-hybridized carbons (Fsp3) is 0.333. The average molecular weight is 300 g/mol. The topological polar surface area (TPSA) is 54.4 Å². The number of rotatable bonds is 1. The van der Waals surface area contributed by atoms with Gasteiger partial charge in [-0.25, -0.2) is 0 Å². The molecule has 0 amide bonds. The Morgan fingerprint density at radius 2 is 1.36 bits per heavy atom. The SMILES string of the molecule is C/C=C\S(=O)(=O)O.F[As](F)(F)(F)F.[LiH]. The molecule has 0 spiro atoms. The zero-order valence-corrected chi connectivity index (χ0v) is 8.86. The molecule has 0 unspecified atom stereocenters. The molecule has 14 heavy (non-hydrogen) atoms. The molecule has 0 aliphatic heterocycles. The van der Waals surface area contributed by atoms with Gasteiger partial charge in [0.1, 0.15) is 0 Å². The van der Waals surface area contributed by atoms with Gasteiger partial charge in [0.15, 0.2) is 0 Å². The van der Waals surface area contributed by atoms with Crippen LogP contribution in [-0.2, 0) is 10.1 Å². The van der Waals surface area contributed by atoms with E-state index in [0.29, 0.717) is 5.41 Å². The molecule has 0 atom stereocenters. The van der Waals surface area contributed by atoms with Crippen LogP contribution in [0.15, 0.2) is 11.5 Å². The van der Waals surface area contributed by atoms with Gasteiger partial charge in [-0.3, -0.25) is 4.55 Å². The number of halogens is 5. The first-order valence-corrected chi connectivity index (χ1v) is 7.56. The van der Waals surface area contributed by atoms with Gasteiger partial charge in [0.25, 0.3) is 10.1 Å². The summed E-state index contributed by atoms with van der Waals surface area (Å²) in [6.07, 6.45) is 1.25. The van der Waals surface area contributed by atoms with Crippen LogP contribution in [0.25, 0.3) is 0 Å². The van der Waals surface area contributed by atoms with Crippen LogP contribution in [0.1, 0.15) is 6.92 Å². The quantitative estimate of drug-likeness (QED) is 0.453. The van der Waals surface area contributed by atoms with Crippen molar-refractivity contribution in [2.75, 3.05) is 0 Å². The van der Waals surface area contributed by atoms with E-state index < -0.39 is 24.9 Å². The van der Waals surface area contributed by atoms with Gasteiger partial charge in [0.05, 0.1) is 5.41 Å². The van der Waals surface area contributed by atoms with Crippen molar-refractivity contribution in [2.24, 2.45) is 0 Å². The molecule has 0 bridgehead atoms. The molecule has 1 N–H and O–H groups in total. The molecule has 84 valence electrons. The van der Waals surface area contributed by atoms with Crippen molar-refractivity contribution in [3.63, 3.8) is 0 Å². The standard InChI is InChI=1S/C3H6O3S.AsF5.Li.H/c1-2-3-7(4,5)6;2-1(3,4,5)6;;/h2-3H,1H3,(H,4,5,6);;;/b3-2-;;;. The minimum atomic E-state index is -8.99. The normalized spacial score (nSPS) is 14.6. The van der Waals surface area contributed by atoms with E-state index in [0.717, 1.165) is 0 Å². The van der Waals surface area contributed by atoms with E-state index in [9.17, 15) is 25.8 Å². The van der Waals surface area contributed by atoms with Crippen LogP contribution in [0.5, 0.6) is 0 Å². The number of allylic oxidation sites excluding steroid dienone is 1. The predicted octanol–water partition coefficient (Wildman–Crippen LogP) is 1.48. The minimum absolute atomic E-state index is 0. The van der Waals surface area contributed by atoms with Crippen LogP contribution in [0.4, 0.5) is 17.3 Å². The predicted molar refractivity (Wildman–Crippen MR) is 44.8 cm³/mol. The third kappa shape index (κ3) is 82.3. The Hall–Kier alpha value is 0.456. The molecule has 0 rings (SSSR count). The Labute approximate surface area is 92.4 Å². The Kier molecular flexibility index (Phi) is 8.73. The fourth-order valence-electron chi connectivity index (χ4n) is 0.172. The van der Waals surface area contributed by atoms with Crippen molar-refractivity contribution in [3.8, 4) is 0 Å². The van der Waals surface area contributed by atoms with E-state index in [2.05, 4.69) is 0 Å². The van der Waals surface area contributed by atoms with Crippen LogP contribution < -0.4 is 0 Å². The van der Waals surface area contributed by atoms with Crippen LogP contribution in [-0.4, -0.2) is 46.6 Å². The molecule has 0 aromatic carbocycles. The van der Waals surface area contributed by atoms with Crippen molar-refractivity contribution in [2.45, 2.75) is 6.92 Å². The first kappa shape index (κ1) is 19.9. The van der Waals surface area contributed by atoms with Gasteiger partial charge in [-0.2, -0.15) is 8.42 Å². The average Bonchev–Trinajstić information content (AvgIpc) is 1.51. The summed E-state index contributed by atoms with van der Waals surface area (Å²) in [5.74, 6) is 0. The summed E-state index contributed by atoms with van der Waals surface area (Å²) in [4.78, 5) is 0. The molecule has 0 saturated carbocycles. The first-order chi connectivity index (χ1) is 5.30. The first-order valence-electron chi connectivity index (χ1n) is 2.51. The van der Waals surface area contributed by atoms with Gasteiger partial charge in [-0.15, -0.1) is 0 Å². The molecule has 0 aliphatic rings. The van der Waals surface area contributed by atoms with Gasteiger partial charge < -0.3 is 0 Å². The van der Waals surface area contributed by atoms with Crippen LogP contribution in [0.2, 0.25) is 0 Å². The zero-order valence-electron chi connectivity index (χ0n) is 6.16. The van der Waals surface area contributed by atoms with Gasteiger partial charge in [-0.1, -0.05) is 6.08 Å². The second kappa shape index (κ2) is 6.13. The summed E-state index contributed by atoms with van der Waals surface area (Å²) < 4.78 is 76.7. The molecule has 0 aromatic heterocycles. The third-order valence-electron chi connectivity index (χ3n) is 0.308.